The maximum atomic E-state index is 12.7. The molecule has 0 radical (unpaired) electrons. The predicted octanol–water partition coefficient (Wildman–Crippen LogP) is 3.26. The van der Waals surface area contributed by atoms with Crippen molar-refractivity contribution in [3.05, 3.63) is 66.2 Å². The van der Waals surface area contributed by atoms with E-state index in [1.807, 2.05) is 35.2 Å². The van der Waals surface area contributed by atoms with Crippen molar-refractivity contribution in [2.75, 3.05) is 51.3 Å². The number of carbonyl (C=O) groups excluding carboxylic acids is 1. The van der Waals surface area contributed by atoms with Crippen LogP contribution in [0, 0.1) is 0 Å². The molecule has 0 aromatic heterocycles. The lowest BCUT2D eigenvalue weighted by Gasteiger charge is -2.46. The van der Waals surface area contributed by atoms with Crippen LogP contribution in [-0.4, -0.2) is 67.7 Å². The van der Waals surface area contributed by atoms with Gasteiger partial charge in [0.15, 0.2) is 0 Å². The van der Waals surface area contributed by atoms with Gasteiger partial charge >= 0.3 is 0 Å². The summed E-state index contributed by atoms with van der Waals surface area (Å²) in [4.78, 5) is 19.6. The van der Waals surface area contributed by atoms with Gasteiger partial charge < -0.3 is 9.64 Å². The Hall–Kier alpha value is -2.21. The van der Waals surface area contributed by atoms with Crippen LogP contribution in [0.25, 0.3) is 0 Å². The SMILES string of the molecule is COCC(=O)N(CC(C)(C)N1CCN(Cc2ccccc2)CC1)c1ccccc1. The van der Waals surface area contributed by atoms with E-state index in [0.717, 1.165) is 38.4 Å². The molecule has 1 amide bonds. The molecule has 1 fully saturated rings. The fourth-order valence-corrected chi connectivity index (χ4v) is 3.97. The summed E-state index contributed by atoms with van der Waals surface area (Å²) in [6.07, 6.45) is 0. The summed E-state index contributed by atoms with van der Waals surface area (Å²) in [5.41, 5.74) is 2.16. The molecule has 0 bridgehead atoms. The number of methoxy groups -OCH3 is 1. The molecule has 2 aromatic rings. The van der Waals surface area contributed by atoms with Crippen molar-refractivity contribution >= 4 is 11.6 Å². The van der Waals surface area contributed by atoms with Crippen molar-refractivity contribution in [1.29, 1.82) is 0 Å². The molecule has 0 unspecified atom stereocenters. The average molecular weight is 396 g/mol. The second-order valence-corrected chi connectivity index (χ2v) is 8.31. The smallest absolute Gasteiger partial charge is 0.253 e. The van der Waals surface area contributed by atoms with Gasteiger partial charge in [-0.2, -0.15) is 0 Å². The molecule has 0 spiro atoms. The Morgan fingerprint density at radius 2 is 1.55 bits per heavy atom. The number of piperazine rings is 1. The molecule has 0 aliphatic carbocycles. The van der Waals surface area contributed by atoms with E-state index < -0.39 is 0 Å². The van der Waals surface area contributed by atoms with Crippen LogP contribution >= 0.6 is 0 Å². The molecule has 1 aliphatic heterocycles. The van der Waals surface area contributed by atoms with Crippen LogP contribution in [-0.2, 0) is 16.1 Å². The van der Waals surface area contributed by atoms with E-state index in [1.165, 1.54) is 5.56 Å². The van der Waals surface area contributed by atoms with Crippen LogP contribution in [0.5, 0.6) is 0 Å². The lowest BCUT2D eigenvalue weighted by Crippen LogP contribution is -2.59. The van der Waals surface area contributed by atoms with Gasteiger partial charge in [0.1, 0.15) is 6.61 Å². The number of carbonyl (C=O) groups is 1. The van der Waals surface area contributed by atoms with Crippen molar-refractivity contribution in [2.45, 2.75) is 25.9 Å². The molecule has 3 rings (SSSR count). The molecule has 5 heteroatoms. The van der Waals surface area contributed by atoms with Gasteiger partial charge in [-0.25, -0.2) is 0 Å². The standard InChI is InChI=1S/C24H33N3O2/c1-24(2,20-27(23(28)19-29-3)22-12-8-5-9-13-22)26-16-14-25(15-17-26)18-21-10-6-4-7-11-21/h4-13H,14-20H2,1-3H3. The lowest BCUT2D eigenvalue weighted by atomic mass is 9.99. The van der Waals surface area contributed by atoms with Crippen molar-refractivity contribution < 1.29 is 9.53 Å². The number of rotatable bonds is 8. The third-order valence-corrected chi connectivity index (χ3v) is 5.66. The van der Waals surface area contributed by atoms with Gasteiger partial charge in [-0.3, -0.25) is 14.6 Å². The minimum absolute atomic E-state index is 0.00510. The molecule has 5 nitrogen and oxygen atoms in total. The number of nitrogens with zero attached hydrogens (tertiary/aromatic N) is 3. The zero-order chi connectivity index (χ0) is 20.7. The Balaban J connectivity index is 1.62. The van der Waals surface area contributed by atoms with Gasteiger partial charge in [0.2, 0.25) is 0 Å². The normalized spacial score (nSPS) is 16.0. The van der Waals surface area contributed by atoms with E-state index >= 15 is 0 Å². The molecule has 0 atom stereocenters. The fourth-order valence-electron chi connectivity index (χ4n) is 3.97. The summed E-state index contributed by atoms with van der Waals surface area (Å²) >= 11 is 0. The summed E-state index contributed by atoms with van der Waals surface area (Å²) in [7, 11) is 1.57. The average Bonchev–Trinajstić information content (AvgIpc) is 2.74. The molecule has 0 N–H and O–H groups in total. The first kappa shape index (κ1) is 21.5. The Bertz CT molecular complexity index is 756. The van der Waals surface area contributed by atoms with Gasteiger partial charge in [-0.15, -0.1) is 0 Å². The Kier molecular flexibility index (Phi) is 7.42. The summed E-state index contributed by atoms with van der Waals surface area (Å²) < 4.78 is 5.13. The van der Waals surface area contributed by atoms with Crippen molar-refractivity contribution in [3.8, 4) is 0 Å². The first-order valence-corrected chi connectivity index (χ1v) is 10.4. The van der Waals surface area contributed by atoms with Gasteiger partial charge in [-0.05, 0) is 31.5 Å². The lowest BCUT2D eigenvalue weighted by molar-refractivity contribution is -0.122. The van der Waals surface area contributed by atoms with Gasteiger partial charge in [-0.1, -0.05) is 48.5 Å². The van der Waals surface area contributed by atoms with Crippen LogP contribution in [0.1, 0.15) is 19.4 Å². The number of para-hydroxylation sites is 1. The minimum atomic E-state index is -0.127. The van der Waals surface area contributed by atoms with E-state index in [9.17, 15) is 4.79 Å². The van der Waals surface area contributed by atoms with Gasteiger partial charge in [0, 0.05) is 57.6 Å². The van der Waals surface area contributed by atoms with Gasteiger partial charge in [0.05, 0.1) is 0 Å². The first-order chi connectivity index (χ1) is 14.0. The third-order valence-electron chi connectivity index (χ3n) is 5.66. The highest BCUT2D eigenvalue weighted by molar-refractivity contribution is 5.94. The highest BCUT2D eigenvalue weighted by Gasteiger charge is 2.33. The number of amides is 1. The van der Waals surface area contributed by atoms with E-state index in [2.05, 4.69) is 54.0 Å². The molecular weight excluding hydrogens is 362 g/mol. The molecule has 2 aromatic carbocycles. The van der Waals surface area contributed by atoms with Crippen LogP contribution in [0.4, 0.5) is 5.69 Å². The third kappa shape index (κ3) is 5.89. The number of ether oxygens (including phenoxy) is 1. The summed E-state index contributed by atoms with van der Waals surface area (Å²) in [5.74, 6) is -0.00510. The molecule has 156 valence electrons. The summed E-state index contributed by atoms with van der Waals surface area (Å²) in [5, 5.41) is 0. The maximum Gasteiger partial charge on any atom is 0.253 e. The monoisotopic (exact) mass is 395 g/mol. The largest absolute Gasteiger partial charge is 0.375 e. The highest BCUT2D eigenvalue weighted by Crippen LogP contribution is 2.23. The van der Waals surface area contributed by atoms with Crippen LogP contribution in [0.3, 0.4) is 0 Å². The van der Waals surface area contributed by atoms with Crippen LogP contribution in [0.2, 0.25) is 0 Å². The van der Waals surface area contributed by atoms with Gasteiger partial charge in [0.25, 0.3) is 5.91 Å². The minimum Gasteiger partial charge on any atom is -0.375 e. The topological polar surface area (TPSA) is 36.0 Å². The Morgan fingerprint density at radius 3 is 2.14 bits per heavy atom. The predicted molar refractivity (Wildman–Crippen MR) is 118 cm³/mol. The zero-order valence-electron chi connectivity index (χ0n) is 17.9. The number of hydrogen-bond donors (Lipinski definition) is 0. The number of hydrogen-bond acceptors (Lipinski definition) is 4. The first-order valence-electron chi connectivity index (χ1n) is 10.4. The molecule has 1 saturated heterocycles. The van der Waals surface area contributed by atoms with Crippen molar-refractivity contribution in [1.82, 2.24) is 9.80 Å². The second kappa shape index (κ2) is 10.0. The van der Waals surface area contributed by atoms with E-state index in [-0.39, 0.29) is 18.1 Å². The van der Waals surface area contributed by atoms with Crippen LogP contribution < -0.4 is 4.90 Å². The molecular formula is C24H33N3O2. The quantitative estimate of drug-likeness (QED) is 0.687. The zero-order valence-corrected chi connectivity index (χ0v) is 17.9. The molecule has 29 heavy (non-hydrogen) atoms. The summed E-state index contributed by atoms with van der Waals surface area (Å²) in [6, 6.07) is 20.5. The Morgan fingerprint density at radius 1 is 0.966 bits per heavy atom. The van der Waals surface area contributed by atoms with E-state index in [4.69, 9.17) is 4.74 Å². The van der Waals surface area contributed by atoms with E-state index in [1.54, 1.807) is 7.11 Å². The number of anilines is 1. The Labute approximate surface area is 174 Å². The number of benzene rings is 2. The van der Waals surface area contributed by atoms with Crippen LogP contribution in [0.15, 0.2) is 60.7 Å². The fraction of sp³-hybridized carbons (Fsp3) is 0.458. The maximum absolute atomic E-state index is 12.7. The molecule has 1 heterocycles. The molecule has 0 saturated carbocycles. The molecule has 1 aliphatic rings. The second-order valence-electron chi connectivity index (χ2n) is 8.31. The highest BCUT2D eigenvalue weighted by atomic mass is 16.5. The van der Waals surface area contributed by atoms with Crippen molar-refractivity contribution in [2.24, 2.45) is 0 Å². The summed E-state index contributed by atoms with van der Waals surface area (Å²) in [6.45, 7) is 10.3. The van der Waals surface area contributed by atoms with Crippen molar-refractivity contribution in [3.63, 3.8) is 0 Å². The van der Waals surface area contributed by atoms with E-state index in [0.29, 0.717) is 6.54 Å².